The minimum atomic E-state index is -4.60. The van der Waals surface area contributed by atoms with Crippen LogP contribution in [0.15, 0.2) is 6.07 Å². The highest BCUT2D eigenvalue weighted by Gasteiger charge is 2.37. The van der Waals surface area contributed by atoms with Gasteiger partial charge in [0.05, 0.1) is 18.8 Å². The maximum absolute atomic E-state index is 13.0. The number of aromatic nitrogens is 4. The van der Waals surface area contributed by atoms with Gasteiger partial charge >= 0.3 is 6.18 Å². The number of fused-ring (bicyclic) bond motifs is 1. The minimum Gasteiger partial charge on any atom is -0.374 e. The molecule has 0 aliphatic carbocycles. The molecule has 24 heavy (non-hydrogen) atoms. The highest BCUT2D eigenvalue weighted by Crippen LogP contribution is 2.29. The Balaban J connectivity index is 2.11. The van der Waals surface area contributed by atoms with E-state index in [-0.39, 0.29) is 17.9 Å². The molecule has 132 valence electrons. The van der Waals surface area contributed by atoms with E-state index in [9.17, 15) is 13.2 Å². The minimum absolute atomic E-state index is 0.0354. The molecule has 3 rings (SSSR count). The van der Waals surface area contributed by atoms with Crippen LogP contribution >= 0.6 is 0 Å². The molecule has 0 bridgehead atoms. The van der Waals surface area contributed by atoms with Gasteiger partial charge in [-0.05, 0) is 19.8 Å². The van der Waals surface area contributed by atoms with Gasteiger partial charge in [0.25, 0.3) is 11.6 Å². The Kier molecular flexibility index (Phi) is 4.37. The summed E-state index contributed by atoms with van der Waals surface area (Å²) >= 11 is 0. The summed E-state index contributed by atoms with van der Waals surface area (Å²) in [5, 5.41) is 3.66. The molecule has 0 saturated carbocycles. The van der Waals surface area contributed by atoms with E-state index in [1.165, 1.54) is 4.52 Å². The van der Waals surface area contributed by atoms with Crippen LogP contribution in [0.25, 0.3) is 5.78 Å². The SMILES string of the molecule is CC[C@H]1CN(c2cc(C)nc3nc(C(F)(F)F)nn23)[C@H](CC)CO1. The number of aryl methyl sites for hydroxylation is 1. The zero-order valence-electron chi connectivity index (χ0n) is 13.8. The first-order valence-corrected chi connectivity index (χ1v) is 8.03. The molecule has 0 amide bonds. The van der Waals surface area contributed by atoms with Gasteiger partial charge in [-0.25, -0.2) is 4.98 Å². The molecule has 2 aromatic heterocycles. The second kappa shape index (κ2) is 6.19. The Bertz CT molecular complexity index is 730. The fourth-order valence-corrected chi connectivity index (χ4v) is 2.92. The number of morpholine rings is 1. The van der Waals surface area contributed by atoms with Crippen molar-refractivity contribution in [2.45, 2.75) is 51.9 Å². The summed E-state index contributed by atoms with van der Waals surface area (Å²) < 4.78 is 45.9. The molecule has 1 aliphatic heterocycles. The number of rotatable bonds is 3. The fraction of sp³-hybridized carbons (Fsp3) is 0.667. The normalized spacial score (nSPS) is 22.3. The number of hydrogen-bond acceptors (Lipinski definition) is 5. The molecule has 2 atom stereocenters. The van der Waals surface area contributed by atoms with Gasteiger partial charge in [-0.15, -0.1) is 5.10 Å². The van der Waals surface area contributed by atoms with Crippen molar-refractivity contribution in [2.75, 3.05) is 18.1 Å². The van der Waals surface area contributed by atoms with Crippen LogP contribution in [0.1, 0.15) is 38.2 Å². The smallest absolute Gasteiger partial charge is 0.374 e. The molecule has 6 nitrogen and oxygen atoms in total. The Labute approximate surface area is 137 Å². The van der Waals surface area contributed by atoms with Crippen LogP contribution in [0.5, 0.6) is 0 Å². The number of hydrogen-bond donors (Lipinski definition) is 0. The highest BCUT2D eigenvalue weighted by molar-refractivity contribution is 5.49. The molecule has 0 radical (unpaired) electrons. The van der Waals surface area contributed by atoms with Crippen molar-refractivity contribution in [1.82, 2.24) is 19.6 Å². The summed E-state index contributed by atoms with van der Waals surface area (Å²) in [6.45, 7) is 6.94. The average Bonchev–Trinajstić information content (AvgIpc) is 2.97. The lowest BCUT2D eigenvalue weighted by Crippen LogP contribution is -2.50. The van der Waals surface area contributed by atoms with E-state index in [1.807, 2.05) is 13.8 Å². The molecule has 0 unspecified atom stereocenters. The third-order valence-electron chi connectivity index (χ3n) is 4.26. The second-order valence-corrected chi connectivity index (χ2v) is 5.98. The Morgan fingerprint density at radius 1 is 1.25 bits per heavy atom. The summed E-state index contributed by atoms with van der Waals surface area (Å²) in [5.41, 5.74) is 0.605. The van der Waals surface area contributed by atoms with E-state index in [2.05, 4.69) is 20.0 Å². The summed E-state index contributed by atoms with van der Waals surface area (Å²) in [7, 11) is 0. The summed E-state index contributed by atoms with van der Waals surface area (Å²) in [6, 6.07) is 1.83. The third kappa shape index (κ3) is 3.04. The Hall–Kier alpha value is -1.90. The first-order valence-electron chi connectivity index (χ1n) is 8.03. The zero-order valence-corrected chi connectivity index (χ0v) is 13.8. The molecule has 0 aromatic carbocycles. The predicted molar refractivity (Wildman–Crippen MR) is 82.0 cm³/mol. The van der Waals surface area contributed by atoms with Gasteiger partial charge in [-0.3, -0.25) is 0 Å². The van der Waals surface area contributed by atoms with Crippen LogP contribution in [0.4, 0.5) is 19.0 Å². The molecule has 1 saturated heterocycles. The van der Waals surface area contributed by atoms with E-state index in [1.54, 1.807) is 13.0 Å². The number of nitrogens with zero attached hydrogens (tertiary/aromatic N) is 5. The van der Waals surface area contributed by atoms with Gasteiger partial charge in [0.15, 0.2) is 0 Å². The third-order valence-corrected chi connectivity index (χ3v) is 4.26. The zero-order chi connectivity index (χ0) is 17.5. The van der Waals surface area contributed by atoms with Crippen molar-refractivity contribution in [3.8, 4) is 0 Å². The first-order chi connectivity index (χ1) is 11.3. The highest BCUT2D eigenvalue weighted by atomic mass is 19.4. The average molecular weight is 343 g/mol. The number of halogens is 3. The quantitative estimate of drug-likeness (QED) is 0.858. The van der Waals surface area contributed by atoms with E-state index in [4.69, 9.17) is 4.74 Å². The van der Waals surface area contributed by atoms with E-state index in [0.29, 0.717) is 24.7 Å². The molecule has 9 heteroatoms. The van der Waals surface area contributed by atoms with Crippen LogP contribution < -0.4 is 4.90 Å². The van der Waals surface area contributed by atoms with Crippen LogP contribution in [-0.2, 0) is 10.9 Å². The van der Waals surface area contributed by atoms with Gasteiger partial charge in [-0.1, -0.05) is 13.8 Å². The topological polar surface area (TPSA) is 55.6 Å². The van der Waals surface area contributed by atoms with Crippen LogP contribution in [-0.4, -0.2) is 44.9 Å². The van der Waals surface area contributed by atoms with Gasteiger partial charge in [-0.2, -0.15) is 22.7 Å². The predicted octanol–water partition coefficient (Wildman–Crippen LogP) is 2.85. The van der Waals surface area contributed by atoms with E-state index in [0.717, 1.165) is 12.8 Å². The van der Waals surface area contributed by atoms with Crippen molar-refractivity contribution in [1.29, 1.82) is 0 Å². The molecule has 0 N–H and O–H groups in total. The summed E-state index contributed by atoms with van der Waals surface area (Å²) in [6.07, 6.45) is -2.90. The molecule has 0 spiro atoms. The molecule has 1 aliphatic rings. The van der Waals surface area contributed by atoms with Crippen LogP contribution in [0, 0.1) is 6.92 Å². The first kappa shape index (κ1) is 16.9. The maximum atomic E-state index is 13.0. The van der Waals surface area contributed by atoms with Gasteiger partial charge in [0, 0.05) is 18.3 Å². The van der Waals surface area contributed by atoms with Crippen LogP contribution in [0.3, 0.4) is 0 Å². The lowest BCUT2D eigenvalue weighted by molar-refractivity contribution is -0.144. The van der Waals surface area contributed by atoms with E-state index >= 15 is 0 Å². The Morgan fingerprint density at radius 3 is 2.62 bits per heavy atom. The standard InChI is InChI=1S/C15H20F3N5O/c1-4-10-8-24-11(5-2)7-22(10)12-6-9(3)19-14-20-13(15(16,17)18)21-23(12)14/h6,10-11H,4-5,7-8H2,1-3H3/t10-,11+/m1/s1. The van der Waals surface area contributed by atoms with E-state index < -0.39 is 12.0 Å². The van der Waals surface area contributed by atoms with Gasteiger partial charge in [0.2, 0.25) is 0 Å². The molecular formula is C15H20F3N5O. The van der Waals surface area contributed by atoms with Crippen molar-refractivity contribution in [2.24, 2.45) is 0 Å². The van der Waals surface area contributed by atoms with Gasteiger partial charge < -0.3 is 9.64 Å². The number of alkyl halides is 3. The molecule has 3 heterocycles. The monoisotopic (exact) mass is 343 g/mol. The molecular weight excluding hydrogens is 323 g/mol. The van der Waals surface area contributed by atoms with Crippen molar-refractivity contribution in [3.05, 3.63) is 17.6 Å². The van der Waals surface area contributed by atoms with Crippen LogP contribution in [0.2, 0.25) is 0 Å². The summed E-state index contributed by atoms with van der Waals surface area (Å²) in [4.78, 5) is 9.70. The van der Waals surface area contributed by atoms with Crippen molar-refractivity contribution < 1.29 is 17.9 Å². The van der Waals surface area contributed by atoms with Crippen molar-refractivity contribution in [3.63, 3.8) is 0 Å². The molecule has 1 fully saturated rings. The lowest BCUT2D eigenvalue weighted by Gasteiger charge is -2.40. The van der Waals surface area contributed by atoms with Crippen molar-refractivity contribution >= 4 is 11.6 Å². The largest absolute Gasteiger partial charge is 0.453 e. The number of anilines is 1. The Morgan fingerprint density at radius 2 is 2.00 bits per heavy atom. The number of ether oxygens (including phenoxy) is 1. The lowest BCUT2D eigenvalue weighted by atomic mass is 10.1. The second-order valence-electron chi connectivity index (χ2n) is 5.98. The summed E-state index contributed by atoms with van der Waals surface area (Å²) in [5.74, 6) is -0.629. The molecule has 2 aromatic rings. The fourth-order valence-electron chi connectivity index (χ4n) is 2.92. The maximum Gasteiger partial charge on any atom is 0.453 e. The van der Waals surface area contributed by atoms with Gasteiger partial charge in [0.1, 0.15) is 5.82 Å².